The Morgan fingerprint density at radius 3 is 1.52 bits per heavy atom. The van der Waals surface area contributed by atoms with Crippen molar-refractivity contribution in [2.24, 2.45) is 0 Å². The molecule has 0 radical (unpaired) electrons. The second kappa shape index (κ2) is 24.3. The lowest BCUT2D eigenvalue weighted by Crippen LogP contribution is -2.36. The minimum Gasteiger partial charge on any atom is -0.489 e. The van der Waals surface area contributed by atoms with E-state index in [-0.39, 0.29) is 63.7 Å². The lowest BCUT2D eigenvalue weighted by atomic mass is 9.75. The Hall–Kier alpha value is -7.90. The van der Waals surface area contributed by atoms with Crippen LogP contribution >= 0.6 is 0 Å². The predicted molar refractivity (Wildman–Crippen MR) is 331 cm³/mol. The van der Waals surface area contributed by atoms with E-state index in [0.717, 1.165) is 76.8 Å². The normalized spacial score (nSPS) is 18.8. The molecule has 4 aliphatic heterocycles. The molecule has 0 saturated heterocycles. The molecule has 2 N–H and O–H groups in total. The first kappa shape index (κ1) is 61.7. The van der Waals surface area contributed by atoms with Gasteiger partial charge in [-0.15, -0.1) is 0 Å². The van der Waals surface area contributed by atoms with Gasteiger partial charge in [0.05, 0.1) is 30.8 Å². The van der Waals surface area contributed by atoms with Crippen LogP contribution in [-0.4, -0.2) is 79.5 Å². The average molecular weight is 1110 g/mol. The number of ether oxygens (including phenoxy) is 3. The fourth-order valence-electron chi connectivity index (χ4n) is 12.3. The molecule has 432 valence electrons. The number of anilines is 3. The average Bonchev–Trinajstić information content (AvgIpc) is 4.03. The molecule has 0 unspecified atom stereocenters. The highest BCUT2D eigenvalue weighted by Gasteiger charge is 2.48. The van der Waals surface area contributed by atoms with Crippen molar-refractivity contribution in [2.45, 2.75) is 131 Å². The highest BCUT2D eigenvalue weighted by molar-refractivity contribution is 6.24. The molecule has 0 fully saturated rings. The largest absolute Gasteiger partial charge is 0.489 e. The third-order valence-corrected chi connectivity index (χ3v) is 16.7. The Labute approximate surface area is 484 Å². The highest BCUT2D eigenvalue weighted by atomic mass is 16.5. The van der Waals surface area contributed by atoms with Crippen molar-refractivity contribution < 1.29 is 38.6 Å². The van der Waals surface area contributed by atoms with Crippen LogP contribution in [0, 0.1) is 0 Å². The number of rotatable bonds is 15. The number of esters is 2. The second-order valence-corrected chi connectivity index (χ2v) is 23.3. The van der Waals surface area contributed by atoms with Crippen LogP contribution in [0.3, 0.4) is 0 Å². The van der Waals surface area contributed by atoms with Crippen molar-refractivity contribution in [1.29, 1.82) is 0 Å². The molecule has 5 aromatic rings. The summed E-state index contributed by atoms with van der Waals surface area (Å²) in [7, 11) is 0. The number of allylic oxidation sites excluding steroid dienone is 8. The molecule has 13 nitrogen and oxygen atoms in total. The third kappa shape index (κ3) is 10.9. The molecule has 1 aliphatic carbocycles. The minimum atomic E-state index is -0.515. The van der Waals surface area contributed by atoms with E-state index in [1.807, 2.05) is 97.9 Å². The van der Waals surface area contributed by atoms with Crippen LogP contribution in [0.4, 0.5) is 22.7 Å². The second-order valence-electron chi connectivity index (χ2n) is 23.3. The number of carbonyl (C=O) groups excluding carboxylic acids is 3. The summed E-state index contributed by atoms with van der Waals surface area (Å²) in [6, 6.07) is 33.1. The molecule has 5 aliphatic rings. The van der Waals surface area contributed by atoms with E-state index in [0.29, 0.717) is 31.0 Å². The Bertz CT molecular complexity index is 3560. The van der Waals surface area contributed by atoms with E-state index in [9.17, 15) is 24.0 Å². The van der Waals surface area contributed by atoms with Crippen LogP contribution < -0.4 is 30.3 Å². The van der Waals surface area contributed by atoms with Crippen molar-refractivity contribution in [3.8, 4) is 5.75 Å². The summed E-state index contributed by atoms with van der Waals surface area (Å²) < 4.78 is 17.7. The maximum atomic E-state index is 13.7. The number of fused-ring (bicyclic) bond motifs is 4. The predicted octanol–water partition coefficient (Wildman–Crippen LogP) is 11.8. The number of ketones is 1. The Morgan fingerprint density at radius 1 is 0.561 bits per heavy atom. The van der Waals surface area contributed by atoms with Crippen LogP contribution in [0.5, 0.6) is 5.75 Å². The maximum Gasteiger partial charge on any atom is 0.372 e. The van der Waals surface area contributed by atoms with Gasteiger partial charge in [0, 0.05) is 92.3 Å². The SMILES string of the molecule is C=C1N(CC(=O)OCC)c2ccccc2C1(C)C.CCCN1C(=CC2=C(C)C(=CC3=[N+](CC(=O)OCC)c4ccccc4C3(C)C)C2=O)C(C)(C)c2ccccc21.CCCN1C(=Cc2c(OCC)c(=O)c2=O)C(C)(C)c2ccccc21.O. The Balaban J connectivity index is 0.000000192. The molecule has 82 heavy (non-hydrogen) atoms. The number of hydrogen-bond donors (Lipinski definition) is 0. The van der Waals surface area contributed by atoms with Crippen molar-refractivity contribution in [3.05, 3.63) is 198 Å². The summed E-state index contributed by atoms with van der Waals surface area (Å²) in [4.78, 5) is 68.3. The molecule has 0 aromatic heterocycles. The molecular weight excluding hydrogens is 1030 g/mol. The zero-order valence-corrected chi connectivity index (χ0v) is 50.6. The molecule has 0 atom stereocenters. The van der Waals surface area contributed by atoms with Gasteiger partial charge in [0.2, 0.25) is 17.7 Å². The molecule has 10 rings (SSSR count). The van der Waals surface area contributed by atoms with E-state index >= 15 is 0 Å². The Morgan fingerprint density at radius 2 is 1.02 bits per heavy atom. The highest BCUT2D eigenvalue weighted by Crippen LogP contribution is 2.51. The van der Waals surface area contributed by atoms with Gasteiger partial charge in [0.15, 0.2) is 17.2 Å². The number of hydrogen-bond acceptors (Lipinski definition) is 11. The van der Waals surface area contributed by atoms with E-state index in [1.165, 1.54) is 28.1 Å². The van der Waals surface area contributed by atoms with Crippen molar-refractivity contribution >= 4 is 52.3 Å². The van der Waals surface area contributed by atoms with Gasteiger partial charge in [-0.3, -0.25) is 19.2 Å². The quantitative estimate of drug-likeness (QED) is 0.0425. The van der Waals surface area contributed by atoms with Gasteiger partial charge < -0.3 is 34.4 Å². The third-order valence-electron chi connectivity index (χ3n) is 16.7. The first-order valence-corrected chi connectivity index (χ1v) is 28.7. The summed E-state index contributed by atoms with van der Waals surface area (Å²) in [5.41, 5.74) is 14.4. The van der Waals surface area contributed by atoms with Gasteiger partial charge in [0.1, 0.15) is 6.54 Å². The van der Waals surface area contributed by atoms with Crippen molar-refractivity contribution in [2.75, 3.05) is 60.7 Å². The summed E-state index contributed by atoms with van der Waals surface area (Å²) in [6.45, 7) is 36.5. The number of nitrogens with zero attached hydrogens (tertiary/aromatic N) is 4. The van der Waals surface area contributed by atoms with Crippen LogP contribution in [-0.2, 0) is 45.5 Å². The summed E-state index contributed by atoms with van der Waals surface area (Å²) in [6.07, 6.45) is 7.97. The van der Waals surface area contributed by atoms with Gasteiger partial charge >= 0.3 is 11.9 Å². The van der Waals surface area contributed by atoms with Crippen LogP contribution in [0.2, 0.25) is 0 Å². The fraction of sp³-hybridized carbons (Fsp3) is 0.391. The van der Waals surface area contributed by atoms with E-state index in [2.05, 4.69) is 140 Å². The zero-order chi connectivity index (χ0) is 58.9. The monoisotopic (exact) mass is 1110 g/mol. The lowest BCUT2D eigenvalue weighted by Gasteiger charge is -2.30. The number of Topliss-reactive ketones (excluding diaryl/α,β-unsaturated/α-hetero) is 1. The van der Waals surface area contributed by atoms with E-state index < -0.39 is 10.9 Å². The van der Waals surface area contributed by atoms with Gasteiger partial charge in [-0.25, -0.2) is 4.79 Å². The summed E-state index contributed by atoms with van der Waals surface area (Å²) in [5.74, 6) is -0.236. The van der Waals surface area contributed by atoms with Gasteiger partial charge in [-0.2, -0.15) is 4.58 Å². The molecule has 5 aromatic carbocycles. The van der Waals surface area contributed by atoms with E-state index in [4.69, 9.17) is 14.2 Å². The molecular formula is C69H83N4O9+. The lowest BCUT2D eigenvalue weighted by molar-refractivity contribution is -0.428. The van der Waals surface area contributed by atoms with Crippen LogP contribution in [0.1, 0.15) is 138 Å². The molecule has 0 bridgehead atoms. The van der Waals surface area contributed by atoms with Crippen molar-refractivity contribution in [3.63, 3.8) is 0 Å². The fourth-order valence-corrected chi connectivity index (χ4v) is 12.3. The maximum absolute atomic E-state index is 13.7. The Kier molecular flexibility index (Phi) is 18.3. The smallest absolute Gasteiger partial charge is 0.372 e. The number of benzene rings is 4. The van der Waals surface area contributed by atoms with Crippen LogP contribution in [0.15, 0.2) is 159 Å². The summed E-state index contributed by atoms with van der Waals surface area (Å²) >= 11 is 0. The van der Waals surface area contributed by atoms with E-state index in [1.54, 1.807) is 0 Å². The van der Waals surface area contributed by atoms with Crippen LogP contribution in [0.25, 0.3) is 6.08 Å². The summed E-state index contributed by atoms with van der Waals surface area (Å²) in [5, 5.41) is 0. The first-order chi connectivity index (χ1) is 38.4. The molecule has 0 amide bonds. The van der Waals surface area contributed by atoms with Crippen molar-refractivity contribution in [1.82, 2.24) is 0 Å². The standard InChI is InChI=1S/C34H39N2O3.C20H23NO3.C15H19NO2.H2O/c1-8-18-35-27-16-12-10-14-25(27)33(4,5)29(35)19-23-22(3)24(32(23)38)20-30-34(6,7)26-15-11-13-17-28(26)36(30)21-31(37)39-9-2;1-5-11-21-15-10-8-7-9-14(15)20(3,4)16(21)12-13-17(22)18(23)19(13)24-6-2;1-5-18-14(17)10-16-11(2)15(3,4)12-8-6-7-9-13(12)16;/h10-17,19-20H,8-9,18,21H2,1-7H3;7-10,12H,5-6,11H2,1-4H3;6-9H,2,5,10H2,1,3-4H3;1H2/q+1;;;. The topological polar surface area (TPSA) is 157 Å². The van der Waals surface area contributed by atoms with Gasteiger partial charge in [-0.05, 0) is 107 Å². The molecule has 0 saturated carbocycles. The first-order valence-electron chi connectivity index (χ1n) is 28.7. The number of carbonyl (C=O) groups is 3. The molecule has 0 spiro atoms. The van der Waals surface area contributed by atoms with Gasteiger partial charge in [-0.1, -0.05) is 135 Å². The van der Waals surface area contributed by atoms with Gasteiger partial charge in [0.25, 0.3) is 5.43 Å². The molecule has 13 heteroatoms. The number of para-hydroxylation sites is 4. The minimum absolute atomic E-state index is 0. The molecule has 4 heterocycles. The zero-order valence-electron chi connectivity index (χ0n) is 50.6.